The van der Waals surface area contributed by atoms with E-state index >= 15 is 0 Å². The summed E-state index contributed by atoms with van der Waals surface area (Å²) >= 11 is 0. The zero-order valence-corrected chi connectivity index (χ0v) is 41.8. The lowest BCUT2D eigenvalue weighted by molar-refractivity contribution is -0.870. The van der Waals surface area contributed by atoms with Gasteiger partial charge in [0.05, 0.1) is 39.9 Å². The van der Waals surface area contributed by atoms with Crippen molar-refractivity contribution in [3.05, 3.63) is 0 Å². The van der Waals surface area contributed by atoms with Gasteiger partial charge < -0.3 is 28.8 Å². The standard InChI is InChI=1S/C51H105N2O6P/c1-6-8-10-12-14-16-18-20-22-24-25-26-27-29-30-32-34-36-38-40-42-44-50(54)49(48-59-60(56,57)58-47-46-53(3,4)5)52-51(55)45-43-41-39-37-35-33-31-28-23-21-19-17-15-13-11-9-7-2/h49-50,54H,6-48H2,1-5H3,(H-,52,55,56,57). The summed E-state index contributed by atoms with van der Waals surface area (Å²) in [6, 6.07) is -0.794. The molecule has 0 aliphatic carbocycles. The number of phosphoric acid groups is 1. The molecule has 8 nitrogen and oxygen atoms in total. The van der Waals surface area contributed by atoms with E-state index in [4.69, 9.17) is 9.05 Å². The number of nitrogens with zero attached hydrogens (tertiary/aromatic N) is 1. The number of likely N-dealkylation sites (N-methyl/N-ethyl adjacent to an activating group) is 1. The lowest BCUT2D eigenvalue weighted by Crippen LogP contribution is -2.46. The molecule has 360 valence electrons. The molecule has 1 amide bonds. The monoisotopic (exact) mass is 873 g/mol. The third-order valence-corrected chi connectivity index (χ3v) is 13.3. The molecule has 2 N–H and O–H groups in total. The van der Waals surface area contributed by atoms with Gasteiger partial charge in [-0.25, -0.2) is 0 Å². The van der Waals surface area contributed by atoms with Crippen molar-refractivity contribution in [3.63, 3.8) is 0 Å². The van der Waals surface area contributed by atoms with Crippen LogP contribution in [0.2, 0.25) is 0 Å². The molecule has 3 atom stereocenters. The molecule has 3 unspecified atom stereocenters. The highest BCUT2D eigenvalue weighted by Crippen LogP contribution is 2.38. The third kappa shape index (κ3) is 45.5. The Morgan fingerprint density at radius 3 is 1.13 bits per heavy atom. The third-order valence-electron chi connectivity index (χ3n) is 12.3. The molecule has 0 aliphatic heterocycles. The van der Waals surface area contributed by atoms with Crippen LogP contribution in [0.25, 0.3) is 0 Å². The van der Waals surface area contributed by atoms with Crippen molar-refractivity contribution < 1.29 is 32.9 Å². The number of rotatable bonds is 49. The van der Waals surface area contributed by atoms with Crippen LogP contribution >= 0.6 is 7.82 Å². The van der Waals surface area contributed by atoms with E-state index in [1.807, 2.05) is 21.1 Å². The van der Waals surface area contributed by atoms with Crippen LogP contribution in [-0.2, 0) is 18.4 Å². The van der Waals surface area contributed by atoms with Crippen molar-refractivity contribution in [1.29, 1.82) is 0 Å². The molecule has 0 rings (SSSR count). The molecule has 0 bridgehead atoms. The molecule has 0 saturated carbocycles. The van der Waals surface area contributed by atoms with E-state index in [-0.39, 0.29) is 19.1 Å². The number of hydrogen-bond donors (Lipinski definition) is 2. The first-order valence-electron chi connectivity index (χ1n) is 26.4. The number of phosphoric ester groups is 1. The van der Waals surface area contributed by atoms with Crippen LogP contribution in [0.3, 0.4) is 0 Å². The van der Waals surface area contributed by atoms with Crippen molar-refractivity contribution in [2.75, 3.05) is 40.9 Å². The summed E-state index contributed by atoms with van der Waals surface area (Å²) in [6.07, 6.45) is 49.7. The van der Waals surface area contributed by atoms with Crippen LogP contribution < -0.4 is 10.2 Å². The first kappa shape index (κ1) is 59.5. The van der Waals surface area contributed by atoms with Gasteiger partial charge in [0.2, 0.25) is 5.91 Å². The summed E-state index contributed by atoms with van der Waals surface area (Å²) in [6.45, 7) is 4.77. The summed E-state index contributed by atoms with van der Waals surface area (Å²) in [5, 5.41) is 14.0. The van der Waals surface area contributed by atoms with Gasteiger partial charge in [0.15, 0.2) is 0 Å². The molecule has 60 heavy (non-hydrogen) atoms. The number of hydrogen-bond acceptors (Lipinski definition) is 6. The summed E-state index contributed by atoms with van der Waals surface area (Å²) in [7, 11) is 1.32. The fraction of sp³-hybridized carbons (Fsp3) is 0.980. The normalized spacial score (nSPS) is 14.1. The lowest BCUT2D eigenvalue weighted by atomic mass is 10.0. The Hall–Kier alpha value is -0.500. The van der Waals surface area contributed by atoms with Gasteiger partial charge in [0.1, 0.15) is 13.2 Å². The summed E-state index contributed by atoms with van der Waals surface area (Å²) in [5.41, 5.74) is 0. The first-order valence-corrected chi connectivity index (χ1v) is 27.8. The molecule has 0 heterocycles. The second kappa shape index (κ2) is 43.7. The Labute approximate surface area is 374 Å². The van der Waals surface area contributed by atoms with E-state index in [2.05, 4.69) is 19.2 Å². The maximum Gasteiger partial charge on any atom is 0.268 e. The van der Waals surface area contributed by atoms with Crippen LogP contribution in [0.5, 0.6) is 0 Å². The van der Waals surface area contributed by atoms with Crippen molar-refractivity contribution >= 4 is 13.7 Å². The molecule has 9 heteroatoms. The molecule has 0 fully saturated rings. The molecule has 0 radical (unpaired) electrons. The number of aliphatic hydroxyl groups excluding tert-OH is 1. The Kier molecular flexibility index (Phi) is 43.4. The zero-order chi connectivity index (χ0) is 44.3. The van der Waals surface area contributed by atoms with Crippen molar-refractivity contribution in [3.8, 4) is 0 Å². The lowest BCUT2D eigenvalue weighted by Gasteiger charge is -2.30. The van der Waals surface area contributed by atoms with E-state index in [9.17, 15) is 19.4 Å². The Morgan fingerprint density at radius 1 is 0.517 bits per heavy atom. The van der Waals surface area contributed by atoms with E-state index in [1.165, 1.54) is 205 Å². The maximum absolute atomic E-state index is 12.9. The zero-order valence-electron chi connectivity index (χ0n) is 40.9. The minimum absolute atomic E-state index is 0.0165. The van der Waals surface area contributed by atoms with Crippen molar-refractivity contribution in [2.24, 2.45) is 0 Å². The number of carbonyl (C=O) groups is 1. The number of nitrogens with one attached hydrogen (secondary N) is 1. The fourth-order valence-corrected chi connectivity index (χ4v) is 8.88. The van der Waals surface area contributed by atoms with Gasteiger partial charge in [0, 0.05) is 6.42 Å². The highest BCUT2D eigenvalue weighted by molar-refractivity contribution is 7.45. The van der Waals surface area contributed by atoms with Gasteiger partial charge in [-0.2, -0.15) is 0 Å². The SMILES string of the molecule is CCCCCCCCCCCCCCCCCCCCCCCC(O)C(COP(=O)([O-])OCC[N+](C)(C)C)NC(=O)CCCCCCCCCCCCCCCCCCC. The summed E-state index contributed by atoms with van der Waals surface area (Å²) in [4.78, 5) is 25.4. The maximum atomic E-state index is 12.9. The van der Waals surface area contributed by atoms with Crippen LogP contribution in [0.4, 0.5) is 0 Å². The number of carbonyl (C=O) groups excluding carboxylic acids is 1. The number of unbranched alkanes of at least 4 members (excludes halogenated alkanes) is 36. The molecule has 0 aromatic rings. The Bertz CT molecular complexity index is 947. The molecule has 0 aliphatic rings. The molecule has 0 saturated heterocycles. The molecular weight excluding hydrogens is 768 g/mol. The Balaban J connectivity index is 4.20. The quantitative estimate of drug-likeness (QED) is 0.0358. The number of quaternary nitrogens is 1. The summed E-state index contributed by atoms with van der Waals surface area (Å²) in [5.74, 6) is -0.158. The van der Waals surface area contributed by atoms with Crippen molar-refractivity contribution in [2.45, 2.75) is 283 Å². The average Bonchev–Trinajstić information content (AvgIpc) is 3.20. The highest BCUT2D eigenvalue weighted by atomic mass is 31.2. The second-order valence-electron chi connectivity index (χ2n) is 19.6. The summed E-state index contributed by atoms with van der Waals surface area (Å²) < 4.78 is 23.4. The van der Waals surface area contributed by atoms with Gasteiger partial charge in [0.25, 0.3) is 7.82 Å². The number of aliphatic hydroxyl groups is 1. The fourth-order valence-electron chi connectivity index (χ4n) is 8.16. The highest BCUT2D eigenvalue weighted by Gasteiger charge is 2.24. The minimum Gasteiger partial charge on any atom is -0.756 e. The predicted octanol–water partition coefficient (Wildman–Crippen LogP) is 14.7. The predicted molar refractivity (Wildman–Crippen MR) is 256 cm³/mol. The smallest absolute Gasteiger partial charge is 0.268 e. The van der Waals surface area contributed by atoms with Gasteiger partial charge in [-0.15, -0.1) is 0 Å². The topological polar surface area (TPSA) is 108 Å². The molecule has 0 spiro atoms. The molecule has 0 aromatic carbocycles. The van der Waals surface area contributed by atoms with Crippen LogP contribution in [-0.4, -0.2) is 68.5 Å². The average molecular weight is 873 g/mol. The van der Waals surface area contributed by atoms with Crippen LogP contribution in [0, 0.1) is 0 Å². The second-order valence-corrected chi connectivity index (χ2v) is 21.0. The largest absolute Gasteiger partial charge is 0.756 e. The van der Waals surface area contributed by atoms with Crippen molar-refractivity contribution in [1.82, 2.24) is 5.32 Å². The van der Waals surface area contributed by atoms with Crippen LogP contribution in [0.15, 0.2) is 0 Å². The molecular formula is C51H105N2O6P. The van der Waals surface area contributed by atoms with Gasteiger partial charge in [-0.1, -0.05) is 251 Å². The minimum atomic E-state index is -4.56. The Morgan fingerprint density at radius 2 is 0.817 bits per heavy atom. The van der Waals surface area contributed by atoms with Crippen LogP contribution in [0.1, 0.15) is 271 Å². The van der Waals surface area contributed by atoms with E-state index in [1.54, 1.807) is 0 Å². The van der Waals surface area contributed by atoms with Gasteiger partial charge in [-0.05, 0) is 12.8 Å². The first-order chi connectivity index (χ1) is 29.0. The van der Waals surface area contributed by atoms with Gasteiger partial charge in [-0.3, -0.25) is 9.36 Å². The van der Waals surface area contributed by atoms with E-state index in [0.717, 1.165) is 38.5 Å². The van der Waals surface area contributed by atoms with E-state index < -0.39 is 20.0 Å². The molecule has 0 aromatic heterocycles. The number of amides is 1. The van der Waals surface area contributed by atoms with E-state index in [0.29, 0.717) is 23.9 Å². The van der Waals surface area contributed by atoms with Gasteiger partial charge >= 0.3 is 0 Å².